The van der Waals surface area contributed by atoms with Crippen LogP contribution in [0.5, 0.6) is 11.5 Å². The van der Waals surface area contributed by atoms with Gasteiger partial charge in [-0.15, -0.1) is 0 Å². The van der Waals surface area contributed by atoms with Gasteiger partial charge in [-0.1, -0.05) is 12.1 Å². The maximum atomic E-state index is 6.23. The molecule has 0 radical (unpaired) electrons. The van der Waals surface area contributed by atoms with Crippen molar-refractivity contribution in [2.24, 2.45) is 0 Å². The Labute approximate surface area is 145 Å². The van der Waals surface area contributed by atoms with E-state index in [0.29, 0.717) is 5.92 Å². The molecule has 0 bridgehead atoms. The molecule has 2 saturated heterocycles. The van der Waals surface area contributed by atoms with E-state index in [0.717, 1.165) is 63.9 Å². The van der Waals surface area contributed by atoms with Crippen LogP contribution in [0.25, 0.3) is 0 Å². The normalized spacial score (nSPS) is 23.2. The lowest BCUT2D eigenvalue weighted by Gasteiger charge is -2.32. The minimum absolute atomic E-state index is 0.521. The first-order valence-electron chi connectivity index (χ1n) is 9.19. The molecule has 1 aromatic rings. The van der Waals surface area contributed by atoms with E-state index in [1.807, 2.05) is 6.07 Å². The van der Waals surface area contributed by atoms with Crippen LogP contribution in [-0.4, -0.2) is 76.4 Å². The van der Waals surface area contributed by atoms with Gasteiger partial charge in [0.25, 0.3) is 0 Å². The molecule has 2 heterocycles. The number of piperazine rings is 1. The highest BCUT2D eigenvalue weighted by Gasteiger charge is 2.22. The molecule has 0 aromatic heterocycles. The molecule has 24 heavy (non-hydrogen) atoms. The highest BCUT2D eigenvalue weighted by molar-refractivity contribution is 5.48. The van der Waals surface area contributed by atoms with E-state index in [-0.39, 0.29) is 0 Å². The van der Waals surface area contributed by atoms with Gasteiger partial charge in [-0.25, -0.2) is 0 Å². The van der Waals surface area contributed by atoms with E-state index in [4.69, 9.17) is 9.47 Å². The minimum atomic E-state index is 0.521. The molecule has 5 nitrogen and oxygen atoms in total. The smallest absolute Gasteiger partial charge is 0.164 e. The zero-order valence-corrected chi connectivity index (χ0v) is 15.1. The minimum Gasteiger partial charge on any atom is -0.493 e. The molecule has 0 amide bonds. The van der Waals surface area contributed by atoms with Crippen molar-refractivity contribution in [2.45, 2.75) is 18.8 Å². The summed E-state index contributed by atoms with van der Waals surface area (Å²) in [6, 6.07) is 6.28. The number of piperidine rings is 1. The molecule has 1 aromatic carbocycles. The van der Waals surface area contributed by atoms with Gasteiger partial charge in [-0.3, -0.25) is 4.90 Å². The van der Waals surface area contributed by atoms with Gasteiger partial charge in [0.1, 0.15) is 6.61 Å². The van der Waals surface area contributed by atoms with Crippen molar-refractivity contribution < 1.29 is 9.47 Å². The van der Waals surface area contributed by atoms with E-state index in [1.54, 1.807) is 7.11 Å². The molecule has 2 aliphatic heterocycles. The van der Waals surface area contributed by atoms with Crippen molar-refractivity contribution in [3.05, 3.63) is 23.8 Å². The number of nitrogens with zero attached hydrogens (tertiary/aromatic N) is 2. The first-order chi connectivity index (χ1) is 11.8. The van der Waals surface area contributed by atoms with Gasteiger partial charge in [0.05, 0.1) is 7.11 Å². The quantitative estimate of drug-likeness (QED) is 0.859. The van der Waals surface area contributed by atoms with Gasteiger partial charge in [-0.05, 0) is 32.5 Å². The molecular formula is C19H31N3O2. The Hall–Kier alpha value is -1.30. The van der Waals surface area contributed by atoms with E-state index >= 15 is 0 Å². The maximum Gasteiger partial charge on any atom is 0.164 e. The van der Waals surface area contributed by atoms with Crippen molar-refractivity contribution in [1.82, 2.24) is 15.1 Å². The van der Waals surface area contributed by atoms with Crippen LogP contribution in [-0.2, 0) is 0 Å². The van der Waals surface area contributed by atoms with Gasteiger partial charge in [0, 0.05) is 50.7 Å². The fourth-order valence-electron chi connectivity index (χ4n) is 3.64. The summed E-state index contributed by atoms with van der Waals surface area (Å²) < 4.78 is 11.8. The molecule has 1 atom stereocenters. The summed E-state index contributed by atoms with van der Waals surface area (Å²) in [7, 11) is 3.92. The van der Waals surface area contributed by atoms with Gasteiger partial charge >= 0.3 is 0 Å². The Morgan fingerprint density at radius 2 is 2.04 bits per heavy atom. The van der Waals surface area contributed by atoms with Crippen molar-refractivity contribution in [2.75, 3.05) is 66.6 Å². The number of hydrogen-bond donors (Lipinski definition) is 1. The molecule has 3 rings (SSSR count). The highest BCUT2D eigenvalue weighted by Crippen LogP contribution is 2.38. The van der Waals surface area contributed by atoms with Gasteiger partial charge in [-0.2, -0.15) is 0 Å². The van der Waals surface area contributed by atoms with Crippen molar-refractivity contribution >= 4 is 0 Å². The van der Waals surface area contributed by atoms with Crippen molar-refractivity contribution in [3.8, 4) is 11.5 Å². The molecule has 1 N–H and O–H groups in total. The highest BCUT2D eigenvalue weighted by atomic mass is 16.5. The Morgan fingerprint density at radius 3 is 2.75 bits per heavy atom. The average molecular weight is 333 g/mol. The standard InChI is InChI=1S/C19H31N3O2/c1-21-9-11-22(12-10-21)13-14-24-19-17(6-3-7-18(19)23-2)16-5-4-8-20-15-16/h3,6-7,16,20H,4-5,8-15H2,1-2H3. The van der Waals surface area contributed by atoms with Crippen molar-refractivity contribution in [3.63, 3.8) is 0 Å². The lowest BCUT2D eigenvalue weighted by Crippen LogP contribution is -2.45. The summed E-state index contributed by atoms with van der Waals surface area (Å²) in [5, 5.41) is 3.50. The van der Waals surface area contributed by atoms with Crippen LogP contribution in [0.3, 0.4) is 0 Å². The van der Waals surface area contributed by atoms with Gasteiger partial charge in [0.2, 0.25) is 0 Å². The third kappa shape index (κ3) is 4.41. The topological polar surface area (TPSA) is 37.0 Å². The Balaban J connectivity index is 1.62. The van der Waals surface area contributed by atoms with Crippen LogP contribution in [0, 0.1) is 0 Å². The third-order valence-corrected chi connectivity index (χ3v) is 5.22. The number of para-hydroxylation sites is 1. The molecule has 2 fully saturated rings. The van der Waals surface area contributed by atoms with Gasteiger partial charge in [0.15, 0.2) is 11.5 Å². The second-order valence-corrected chi connectivity index (χ2v) is 6.92. The molecule has 5 heteroatoms. The first kappa shape index (κ1) is 17.5. The zero-order valence-electron chi connectivity index (χ0n) is 15.1. The largest absolute Gasteiger partial charge is 0.493 e. The van der Waals surface area contributed by atoms with Crippen LogP contribution in [0.15, 0.2) is 18.2 Å². The van der Waals surface area contributed by atoms with Crippen LogP contribution in [0.2, 0.25) is 0 Å². The summed E-state index contributed by atoms with van der Waals surface area (Å²) in [6.07, 6.45) is 2.44. The van der Waals surface area contributed by atoms with Crippen LogP contribution < -0.4 is 14.8 Å². The average Bonchev–Trinajstić information content (AvgIpc) is 2.64. The van der Waals surface area contributed by atoms with E-state index in [2.05, 4.69) is 34.3 Å². The van der Waals surface area contributed by atoms with E-state index in [9.17, 15) is 0 Å². The molecule has 1 unspecified atom stereocenters. The first-order valence-corrected chi connectivity index (χ1v) is 9.19. The number of ether oxygens (including phenoxy) is 2. The number of likely N-dealkylation sites (N-methyl/N-ethyl adjacent to an activating group) is 1. The van der Waals surface area contributed by atoms with E-state index in [1.165, 1.54) is 18.4 Å². The molecule has 2 aliphatic rings. The Kier molecular flexibility index (Phi) is 6.35. The maximum absolute atomic E-state index is 6.23. The third-order valence-electron chi connectivity index (χ3n) is 5.22. The summed E-state index contributed by atoms with van der Waals surface area (Å²) >= 11 is 0. The summed E-state index contributed by atoms with van der Waals surface area (Å²) in [4.78, 5) is 4.86. The fraction of sp³-hybridized carbons (Fsp3) is 0.684. The lowest BCUT2D eigenvalue weighted by molar-refractivity contribution is 0.132. The second kappa shape index (κ2) is 8.70. The van der Waals surface area contributed by atoms with Crippen LogP contribution in [0.4, 0.5) is 0 Å². The molecule has 0 aliphatic carbocycles. The van der Waals surface area contributed by atoms with Crippen LogP contribution >= 0.6 is 0 Å². The Morgan fingerprint density at radius 1 is 1.21 bits per heavy atom. The van der Waals surface area contributed by atoms with Gasteiger partial charge < -0.3 is 19.7 Å². The lowest BCUT2D eigenvalue weighted by atomic mass is 9.91. The van der Waals surface area contributed by atoms with Crippen molar-refractivity contribution in [1.29, 1.82) is 0 Å². The monoisotopic (exact) mass is 333 g/mol. The van der Waals surface area contributed by atoms with Crippen LogP contribution in [0.1, 0.15) is 24.3 Å². The number of nitrogens with one attached hydrogen (secondary N) is 1. The molecule has 0 spiro atoms. The fourth-order valence-corrected chi connectivity index (χ4v) is 3.64. The predicted octanol–water partition coefficient (Wildman–Crippen LogP) is 1.79. The SMILES string of the molecule is COc1cccc(C2CCCNC2)c1OCCN1CCN(C)CC1. The number of rotatable bonds is 6. The second-order valence-electron chi connectivity index (χ2n) is 6.92. The summed E-state index contributed by atoms with van der Waals surface area (Å²) in [5.74, 6) is 2.33. The Bertz CT molecular complexity index is 509. The number of benzene rings is 1. The molecular weight excluding hydrogens is 302 g/mol. The predicted molar refractivity (Wildman–Crippen MR) is 97.3 cm³/mol. The summed E-state index contributed by atoms with van der Waals surface area (Å²) in [5.41, 5.74) is 1.29. The molecule has 134 valence electrons. The molecule has 0 saturated carbocycles. The zero-order chi connectivity index (χ0) is 16.8. The number of hydrogen-bond acceptors (Lipinski definition) is 5. The van der Waals surface area contributed by atoms with E-state index < -0.39 is 0 Å². The number of methoxy groups -OCH3 is 1. The summed E-state index contributed by atoms with van der Waals surface area (Å²) in [6.45, 7) is 8.41.